The summed E-state index contributed by atoms with van der Waals surface area (Å²) in [6.07, 6.45) is 1.80. The number of nitrogens with zero attached hydrogens (tertiary/aromatic N) is 1. The molecule has 0 fully saturated rings. The number of allylic oxidation sites excluding steroid dienone is 1. The molecule has 28 heavy (non-hydrogen) atoms. The van der Waals surface area contributed by atoms with E-state index < -0.39 is 0 Å². The number of ether oxygens (including phenoxy) is 1. The number of hydrogen-bond acceptors (Lipinski definition) is 2. The van der Waals surface area contributed by atoms with Gasteiger partial charge in [-0.1, -0.05) is 71.2 Å². The van der Waals surface area contributed by atoms with Crippen molar-refractivity contribution in [3.8, 4) is 11.8 Å². The Bertz CT molecular complexity index is 1050. The van der Waals surface area contributed by atoms with E-state index in [1.807, 2.05) is 61.5 Å². The summed E-state index contributed by atoms with van der Waals surface area (Å²) in [6.45, 7) is 2.32. The van der Waals surface area contributed by atoms with Crippen molar-refractivity contribution in [3.05, 3.63) is 97.4 Å². The van der Waals surface area contributed by atoms with E-state index in [0.29, 0.717) is 32.4 Å². The first-order valence-corrected chi connectivity index (χ1v) is 10.1. The summed E-state index contributed by atoms with van der Waals surface area (Å²) in [4.78, 5) is 0. The Labute approximate surface area is 183 Å². The molecule has 3 aromatic carbocycles. The van der Waals surface area contributed by atoms with Gasteiger partial charge in [0.2, 0.25) is 0 Å². The van der Waals surface area contributed by atoms with Crippen molar-refractivity contribution in [2.24, 2.45) is 0 Å². The Kier molecular flexibility index (Phi) is 6.80. The molecule has 3 aromatic rings. The second-order valence-electron chi connectivity index (χ2n) is 6.23. The van der Waals surface area contributed by atoms with Gasteiger partial charge in [-0.3, -0.25) is 0 Å². The van der Waals surface area contributed by atoms with Gasteiger partial charge in [-0.05, 0) is 58.3 Å². The van der Waals surface area contributed by atoms with Crippen LogP contribution in [0.5, 0.6) is 5.75 Å². The highest BCUT2D eigenvalue weighted by molar-refractivity contribution is 9.10. The molecule has 0 aliphatic heterocycles. The summed E-state index contributed by atoms with van der Waals surface area (Å²) in [5, 5.41) is 10.6. The van der Waals surface area contributed by atoms with Gasteiger partial charge in [0.25, 0.3) is 0 Å². The molecule has 0 amide bonds. The maximum atomic E-state index is 9.54. The fraction of sp³-hybridized carbons (Fsp3) is 0.0870. The first kappa shape index (κ1) is 20.5. The molecule has 2 nitrogen and oxygen atoms in total. The quantitative estimate of drug-likeness (QED) is 0.281. The van der Waals surface area contributed by atoms with Crippen LogP contribution in [0, 0.1) is 18.3 Å². The topological polar surface area (TPSA) is 33.0 Å². The van der Waals surface area contributed by atoms with E-state index in [4.69, 9.17) is 27.9 Å². The van der Waals surface area contributed by atoms with E-state index in [0.717, 1.165) is 22.3 Å². The average molecular weight is 473 g/mol. The van der Waals surface area contributed by atoms with Gasteiger partial charge in [0, 0.05) is 10.6 Å². The number of aryl methyl sites for hydroxylation is 1. The van der Waals surface area contributed by atoms with E-state index in [9.17, 15) is 5.26 Å². The molecule has 0 atom stereocenters. The molecule has 0 saturated carbocycles. The fourth-order valence-electron chi connectivity index (χ4n) is 2.65. The average Bonchev–Trinajstić information content (AvgIpc) is 2.67. The van der Waals surface area contributed by atoms with Crippen LogP contribution in [0.1, 0.15) is 22.3 Å². The van der Waals surface area contributed by atoms with E-state index in [1.165, 1.54) is 0 Å². The monoisotopic (exact) mass is 471 g/mol. The van der Waals surface area contributed by atoms with Crippen molar-refractivity contribution in [1.29, 1.82) is 5.26 Å². The molecule has 0 heterocycles. The molecule has 5 heteroatoms. The Morgan fingerprint density at radius 3 is 2.43 bits per heavy atom. The Balaban J connectivity index is 1.86. The minimum atomic E-state index is 0.306. The zero-order valence-electron chi connectivity index (χ0n) is 15.0. The van der Waals surface area contributed by atoms with Crippen molar-refractivity contribution in [3.63, 3.8) is 0 Å². The summed E-state index contributed by atoms with van der Waals surface area (Å²) >= 11 is 16.1. The minimum Gasteiger partial charge on any atom is -0.486 e. The third kappa shape index (κ3) is 4.97. The van der Waals surface area contributed by atoms with Crippen molar-refractivity contribution >= 4 is 50.8 Å². The lowest BCUT2D eigenvalue weighted by Gasteiger charge is -2.12. The highest BCUT2D eigenvalue weighted by atomic mass is 79.9. The molecule has 0 N–H and O–H groups in total. The normalized spacial score (nSPS) is 11.2. The maximum Gasteiger partial charge on any atom is 0.152 e. The van der Waals surface area contributed by atoms with Crippen LogP contribution in [0.4, 0.5) is 0 Å². The van der Waals surface area contributed by atoms with Crippen LogP contribution in [0.25, 0.3) is 11.6 Å². The number of hydrogen-bond donors (Lipinski definition) is 0. The minimum absolute atomic E-state index is 0.306. The van der Waals surface area contributed by atoms with Gasteiger partial charge in [-0.2, -0.15) is 5.26 Å². The van der Waals surface area contributed by atoms with E-state index in [2.05, 4.69) is 22.0 Å². The predicted octanol–water partition coefficient (Wildman–Crippen LogP) is 7.71. The first-order valence-electron chi connectivity index (χ1n) is 8.52. The lowest BCUT2D eigenvalue weighted by molar-refractivity contribution is 0.304. The summed E-state index contributed by atoms with van der Waals surface area (Å²) in [6, 6.07) is 21.2. The van der Waals surface area contributed by atoms with Gasteiger partial charge in [-0.15, -0.1) is 0 Å². The van der Waals surface area contributed by atoms with Crippen LogP contribution in [-0.2, 0) is 6.61 Å². The summed E-state index contributed by atoms with van der Waals surface area (Å²) in [5.41, 5.74) is 4.25. The van der Waals surface area contributed by atoms with Gasteiger partial charge in [0.1, 0.15) is 6.61 Å². The third-order valence-electron chi connectivity index (χ3n) is 4.14. The van der Waals surface area contributed by atoms with Crippen molar-refractivity contribution < 1.29 is 4.74 Å². The summed E-state index contributed by atoms with van der Waals surface area (Å²) in [5.74, 6) is 0.535. The SMILES string of the molecule is Cc1ccc(/C(C#N)=C\c2cc(Cl)c(OCc3ccccc3Cl)c(Br)c2)cc1. The lowest BCUT2D eigenvalue weighted by Crippen LogP contribution is -1.98. The molecule has 0 bridgehead atoms. The zero-order valence-corrected chi connectivity index (χ0v) is 18.1. The van der Waals surface area contributed by atoms with Gasteiger partial charge < -0.3 is 4.74 Å². The van der Waals surface area contributed by atoms with Crippen LogP contribution >= 0.6 is 39.1 Å². The molecule has 0 radical (unpaired) electrons. The third-order valence-corrected chi connectivity index (χ3v) is 5.38. The van der Waals surface area contributed by atoms with Crippen LogP contribution in [0.15, 0.2) is 65.1 Å². The van der Waals surface area contributed by atoms with E-state index in [-0.39, 0.29) is 0 Å². The fourth-order valence-corrected chi connectivity index (χ4v) is 3.83. The smallest absolute Gasteiger partial charge is 0.152 e. The highest BCUT2D eigenvalue weighted by Crippen LogP contribution is 2.36. The maximum absolute atomic E-state index is 9.54. The molecule has 0 unspecified atom stereocenters. The lowest BCUT2D eigenvalue weighted by atomic mass is 10.0. The van der Waals surface area contributed by atoms with Crippen LogP contribution in [-0.4, -0.2) is 0 Å². The van der Waals surface area contributed by atoms with Crippen molar-refractivity contribution in [2.75, 3.05) is 0 Å². The molecule has 0 saturated heterocycles. The molecule has 0 aliphatic carbocycles. The Hall–Kier alpha value is -2.25. The van der Waals surface area contributed by atoms with Gasteiger partial charge >= 0.3 is 0 Å². The van der Waals surface area contributed by atoms with E-state index >= 15 is 0 Å². The molecular formula is C23H16BrCl2NO. The van der Waals surface area contributed by atoms with Gasteiger partial charge in [-0.25, -0.2) is 0 Å². The summed E-state index contributed by atoms with van der Waals surface area (Å²) in [7, 11) is 0. The second kappa shape index (κ2) is 9.30. The summed E-state index contributed by atoms with van der Waals surface area (Å²) < 4.78 is 6.58. The first-order chi connectivity index (χ1) is 13.5. The van der Waals surface area contributed by atoms with E-state index in [1.54, 1.807) is 12.1 Å². The van der Waals surface area contributed by atoms with Crippen LogP contribution in [0.3, 0.4) is 0 Å². The Morgan fingerprint density at radius 1 is 1.07 bits per heavy atom. The zero-order chi connectivity index (χ0) is 20.1. The number of nitriles is 1. The number of rotatable bonds is 5. The molecule has 0 aliphatic rings. The number of benzene rings is 3. The number of halogens is 3. The molecule has 0 spiro atoms. The van der Waals surface area contributed by atoms with Crippen molar-refractivity contribution in [2.45, 2.75) is 13.5 Å². The van der Waals surface area contributed by atoms with Crippen LogP contribution in [0.2, 0.25) is 10.0 Å². The molecular weight excluding hydrogens is 457 g/mol. The standard InChI is InChI=1S/C23H16BrCl2NO/c1-15-6-8-17(9-7-15)19(13-27)10-16-11-20(24)23(22(26)12-16)28-14-18-4-2-3-5-21(18)25/h2-12H,14H2,1H3/b19-10-. The van der Waals surface area contributed by atoms with Gasteiger partial charge in [0.15, 0.2) is 5.75 Å². The second-order valence-corrected chi connectivity index (χ2v) is 7.90. The molecule has 0 aromatic heterocycles. The largest absolute Gasteiger partial charge is 0.486 e. The highest BCUT2D eigenvalue weighted by Gasteiger charge is 2.11. The molecule has 3 rings (SSSR count). The Morgan fingerprint density at radius 2 is 1.79 bits per heavy atom. The van der Waals surface area contributed by atoms with Crippen LogP contribution < -0.4 is 4.74 Å². The molecule has 140 valence electrons. The van der Waals surface area contributed by atoms with Gasteiger partial charge in [0.05, 0.1) is 21.1 Å². The van der Waals surface area contributed by atoms with Crippen molar-refractivity contribution in [1.82, 2.24) is 0 Å². The predicted molar refractivity (Wildman–Crippen MR) is 120 cm³/mol.